The number of hydrogen-bond acceptors (Lipinski definition) is 2. The van der Waals surface area contributed by atoms with Gasteiger partial charge in [0.05, 0.1) is 0 Å². The topological polar surface area (TPSA) is 63.3 Å². The number of carbonyl (C=O) groups excluding carboxylic acids is 1. The normalized spacial score (nSPS) is 13.1. The van der Waals surface area contributed by atoms with Gasteiger partial charge in [0.25, 0.3) is 0 Å². The smallest absolute Gasteiger partial charge is 0.217 e. The van der Waals surface area contributed by atoms with Crippen LogP contribution in [0.15, 0.2) is 0 Å². The molecule has 3 nitrogen and oxygen atoms in total. The third-order valence-electron chi connectivity index (χ3n) is 1.17. The molecule has 0 aromatic heterocycles. The van der Waals surface area contributed by atoms with Crippen LogP contribution < -0.4 is 5.73 Å². The van der Waals surface area contributed by atoms with E-state index in [1.165, 1.54) is 0 Å². The summed E-state index contributed by atoms with van der Waals surface area (Å²) in [6.07, 6.45) is 1.03. The predicted molar refractivity (Wildman–Crippen MR) is 34.7 cm³/mol. The van der Waals surface area contributed by atoms with Crippen molar-refractivity contribution < 1.29 is 9.90 Å². The minimum Gasteiger partial charge on any atom is -0.396 e. The summed E-state index contributed by atoms with van der Waals surface area (Å²) in [4.78, 5) is 10.2. The molecular weight excluding hydrogens is 118 g/mol. The minimum absolute atomic E-state index is 0.133. The molecule has 3 heteroatoms. The highest BCUT2D eigenvalue weighted by atomic mass is 16.3. The first-order chi connectivity index (χ1) is 4.16. The predicted octanol–water partition coefficient (Wildman–Crippen LogP) is -0.120. The molecule has 0 bridgehead atoms. The van der Waals surface area contributed by atoms with Crippen LogP contribution in [0.5, 0.6) is 0 Å². The fourth-order valence-electron chi connectivity index (χ4n) is 0.666. The van der Waals surface area contributed by atoms with E-state index in [4.69, 9.17) is 10.8 Å². The van der Waals surface area contributed by atoms with Crippen molar-refractivity contribution in [3.05, 3.63) is 0 Å². The molecule has 0 aliphatic rings. The molecule has 0 aromatic rings. The van der Waals surface area contributed by atoms with E-state index in [1.807, 2.05) is 6.92 Å². The van der Waals surface area contributed by atoms with Crippen molar-refractivity contribution in [1.82, 2.24) is 0 Å². The standard InChI is InChI=1S/C6H13NO2/c1-5(2-3-8)4-6(7)9/h5,8H,2-4H2,1H3,(H2,7,9). The first-order valence-electron chi connectivity index (χ1n) is 3.06. The van der Waals surface area contributed by atoms with Gasteiger partial charge in [0.15, 0.2) is 0 Å². The van der Waals surface area contributed by atoms with Crippen molar-refractivity contribution in [2.75, 3.05) is 6.61 Å². The van der Waals surface area contributed by atoms with E-state index in [-0.39, 0.29) is 18.4 Å². The molecule has 0 aromatic carbocycles. The average molecular weight is 131 g/mol. The Bertz CT molecular complexity index is 93.1. The Morgan fingerprint density at radius 3 is 2.67 bits per heavy atom. The summed E-state index contributed by atoms with van der Waals surface area (Å²) < 4.78 is 0. The quantitative estimate of drug-likeness (QED) is 0.558. The van der Waals surface area contributed by atoms with Gasteiger partial charge in [-0.15, -0.1) is 0 Å². The summed E-state index contributed by atoms with van der Waals surface area (Å²) in [6, 6.07) is 0. The van der Waals surface area contributed by atoms with Crippen molar-refractivity contribution in [3.63, 3.8) is 0 Å². The fraction of sp³-hybridized carbons (Fsp3) is 0.833. The van der Waals surface area contributed by atoms with Gasteiger partial charge in [-0.1, -0.05) is 6.92 Å². The number of primary amides is 1. The van der Waals surface area contributed by atoms with Crippen LogP contribution in [0.3, 0.4) is 0 Å². The zero-order chi connectivity index (χ0) is 7.28. The number of hydrogen-bond donors (Lipinski definition) is 2. The summed E-state index contributed by atoms with van der Waals surface area (Å²) in [7, 11) is 0. The lowest BCUT2D eigenvalue weighted by Gasteiger charge is -2.04. The van der Waals surface area contributed by atoms with Gasteiger partial charge in [0, 0.05) is 13.0 Å². The van der Waals surface area contributed by atoms with Gasteiger partial charge in [-0.3, -0.25) is 4.79 Å². The van der Waals surface area contributed by atoms with Gasteiger partial charge in [-0.05, 0) is 12.3 Å². The summed E-state index contributed by atoms with van der Waals surface area (Å²) in [6.45, 7) is 2.02. The van der Waals surface area contributed by atoms with Gasteiger partial charge in [0.1, 0.15) is 0 Å². The van der Waals surface area contributed by atoms with Gasteiger partial charge in [-0.25, -0.2) is 0 Å². The van der Waals surface area contributed by atoms with E-state index in [9.17, 15) is 4.79 Å². The lowest BCUT2D eigenvalue weighted by atomic mass is 10.0. The number of aliphatic hydroxyl groups excluding tert-OH is 1. The van der Waals surface area contributed by atoms with Crippen LogP contribution in [0, 0.1) is 5.92 Å². The number of rotatable bonds is 4. The Balaban J connectivity index is 3.26. The van der Waals surface area contributed by atoms with Gasteiger partial charge in [0.2, 0.25) is 5.91 Å². The summed E-state index contributed by atoms with van der Waals surface area (Å²) in [5, 5.41) is 8.40. The molecule has 0 saturated carbocycles. The summed E-state index contributed by atoms with van der Waals surface area (Å²) in [5.74, 6) is -0.0801. The maximum Gasteiger partial charge on any atom is 0.217 e. The van der Waals surface area contributed by atoms with E-state index in [2.05, 4.69) is 0 Å². The van der Waals surface area contributed by atoms with E-state index >= 15 is 0 Å². The molecule has 0 rings (SSSR count). The van der Waals surface area contributed by atoms with Crippen LogP contribution in [0.4, 0.5) is 0 Å². The molecule has 1 amide bonds. The SMILES string of the molecule is CC(CCO)CC(N)=O. The van der Waals surface area contributed by atoms with Gasteiger partial charge in [-0.2, -0.15) is 0 Å². The molecule has 0 heterocycles. The Hall–Kier alpha value is -0.570. The lowest BCUT2D eigenvalue weighted by molar-refractivity contribution is -0.118. The van der Waals surface area contributed by atoms with E-state index in [1.54, 1.807) is 0 Å². The van der Waals surface area contributed by atoms with Gasteiger partial charge < -0.3 is 10.8 Å². The van der Waals surface area contributed by atoms with Crippen LogP contribution >= 0.6 is 0 Å². The second kappa shape index (κ2) is 4.32. The molecule has 0 fully saturated rings. The molecule has 0 saturated heterocycles. The van der Waals surface area contributed by atoms with Crippen LogP contribution in [0.25, 0.3) is 0 Å². The Kier molecular flexibility index (Phi) is 4.05. The number of aliphatic hydroxyl groups is 1. The molecular formula is C6H13NO2. The monoisotopic (exact) mass is 131 g/mol. The van der Waals surface area contributed by atoms with Crippen LogP contribution in [0.1, 0.15) is 19.8 Å². The maximum atomic E-state index is 10.2. The molecule has 0 aliphatic carbocycles. The second-order valence-corrected chi connectivity index (χ2v) is 2.29. The molecule has 0 aliphatic heterocycles. The fourth-order valence-corrected chi connectivity index (χ4v) is 0.666. The number of carbonyl (C=O) groups is 1. The van der Waals surface area contributed by atoms with E-state index < -0.39 is 0 Å². The number of amides is 1. The largest absolute Gasteiger partial charge is 0.396 e. The Labute approximate surface area is 54.9 Å². The van der Waals surface area contributed by atoms with Crippen LogP contribution in [-0.4, -0.2) is 17.6 Å². The zero-order valence-electron chi connectivity index (χ0n) is 5.63. The van der Waals surface area contributed by atoms with Crippen molar-refractivity contribution in [2.45, 2.75) is 19.8 Å². The Morgan fingerprint density at radius 2 is 2.33 bits per heavy atom. The van der Waals surface area contributed by atoms with E-state index in [0.29, 0.717) is 12.8 Å². The molecule has 9 heavy (non-hydrogen) atoms. The third kappa shape index (κ3) is 5.30. The molecule has 3 N–H and O–H groups in total. The van der Waals surface area contributed by atoms with Crippen LogP contribution in [0.2, 0.25) is 0 Å². The molecule has 1 atom stereocenters. The van der Waals surface area contributed by atoms with Crippen LogP contribution in [-0.2, 0) is 4.79 Å². The summed E-state index contributed by atoms with van der Waals surface area (Å²) >= 11 is 0. The Morgan fingerprint density at radius 1 is 1.78 bits per heavy atom. The maximum absolute atomic E-state index is 10.2. The van der Waals surface area contributed by atoms with Crippen molar-refractivity contribution >= 4 is 5.91 Å². The minimum atomic E-state index is -0.295. The molecule has 1 unspecified atom stereocenters. The molecule has 0 spiro atoms. The van der Waals surface area contributed by atoms with Crippen molar-refractivity contribution in [2.24, 2.45) is 11.7 Å². The average Bonchev–Trinajstić information content (AvgIpc) is 1.63. The third-order valence-corrected chi connectivity index (χ3v) is 1.17. The lowest BCUT2D eigenvalue weighted by Crippen LogP contribution is -2.15. The van der Waals surface area contributed by atoms with E-state index in [0.717, 1.165) is 0 Å². The first kappa shape index (κ1) is 8.43. The summed E-state index contributed by atoms with van der Waals surface area (Å²) in [5.41, 5.74) is 4.90. The second-order valence-electron chi connectivity index (χ2n) is 2.29. The molecule has 54 valence electrons. The van der Waals surface area contributed by atoms with Crippen molar-refractivity contribution in [1.29, 1.82) is 0 Å². The molecule has 0 radical (unpaired) electrons. The first-order valence-corrected chi connectivity index (χ1v) is 3.06. The van der Waals surface area contributed by atoms with Crippen molar-refractivity contribution in [3.8, 4) is 0 Å². The highest BCUT2D eigenvalue weighted by Gasteiger charge is 2.03. The van der Waals surface area contributed by atoms with Gasteiger partial charge >= 0.3 is 0 Å². The highest BCUT2D eigenvalue weighted by molar-refractivity contribution is 5.73. The highest BCUT2D eigenvalue weighted by Crippen LogP contribution is 2.04. The number of nitrogens with two attached hydrogens (primary N) is 1. The zero-order valence-corrected chi connectivity index (χ0v) is 5.63.